The number of hydrogen-bond donors (Lipinski definition) is 1. The number of likely N-dealkylation sites (tertiary alicyclic amines) is 1. The summed E-state index contributed by atoms with van der Waals surface area (Å²) in [5, 5.41) is 9.07. The molecule has 1 heterocycles. The summed E-state index contributed by atoms with van der Waals surface area (Å²) in [5.74, 6) is -3.56. The highest BCUT2D eigenvalue weighted by atomic mass is 16.6. The quantitative estimate of drug-likeness (QED) is 0.745. The number of hydrogen-bond acceptors (Lipinski definition) is 5. The Labute approximate surface area is 111 Å². The van der Waals surface area contributed by atoms with Crippen molar-refractivity contribution in [3.63, 3.8) is 0 Å². The summed E-state index contributed by atoms with van der Waals surface area (Å²) >= 11 is 0. The molecule has 0 unspecified atom stereocenters. The fraction of sp³-hybridized carbons (Fsp3) is 0.750. The predicted octanol–water partition coefficient (Wildman–Crippen LogP) is 0.727. The molecule has 0 aromatic carbocycles. The van der Waals surface area contributed by atoms with Gasteiger partial charge in [0.1, 0.15) is 5.60 Å². The highest BCUT2D eigenvalue weighted by Crippen LogP contribution is 2.26. The molecule has 19 heavy (non-hydrogen) atoms. The van der Waals surface area contributed by atoms with E-state index in [1.54, 1.807) is 20.8 Å². The third-order valence-electron chi connectivity index (χ3n) is 2.79. The van der Waals surface area contributed by atoms with Crippen LogP contribution in [0.1, 0.15) is 20.8 Å². The molecule has 0 saturated carbocycles. The van der Waals surface area contributed by atoms with Gasteiger partial charge in [0.05, 0.1) is 18.9 Å². The first-order valence-electron chi connectivity index (χ1n) is 5.94. The van der Waals surface area contributed by atoms with Gasteiger partial charge in [-0.15, -0.1) is 0 Å². The van der Waals surface area contributed by atoms with Crippen LogP contribution in [-0.2, 0) is 19.1 Å². The fourth-order valence-corrected chi connectivity index (χ4v) is 1.92. The zero-order chi connectivity index (χ0) is 14.8. The third-order valence-corrected chi connectivity index (χ3v) is 2.79. The summed E-state index contributed by atoms with van der Waals surface area (Å²) in [4.78, 5) is 35.7. The van der Waals surface area contributed by atoms with E-state index in [0.29, 0.717) is 0 Å². The second kappa shape index (κ2) is 5.46. The van der Waals surface area contributed by atoms with Gasteiger partial charge in [-0.05, 0) is 20.8 Å². The van der Waals surface area contributed by atoms with Crippen molar-refractivity contribution in [2.24, 2.45) is 11.8 Å². The van der Waals surface area contributed by atoms with Crippen LogP contribution in [-0.4, -0.2) is 53.8 Å². The van der Waals surface area contributed by atoms with Crippen molar-refractivity contribution in [1.29, 1.82) is 0 Å². The molecule has 0 aliphatic carbocycles. The van der Waals surface area contributed by atoms with Gasteiger partial charge in [-0.2, -0.15) is 0 Å². The van der Waals surface area contributed by atoms with Crippen molar-refractivity contribution in [2.45, 2.75) is 26.4 Å². The number of carboxylic acids is 1. The van der Waals surface area contributed by atoms with E-state index in [4.69, 9.17) is 9.84 Å². The Hall–Kier alpha value is -1.79. The van der Waals surface area contributed by atoms with Gasteiger partial charge in [0.2, 0.25) is 0 Å². The second-order valence-corrected chi connectivity index (χ2v) is 5.46. The molecule has 1 rings (SSSR count). The lowest BCUT2D eigenvalue weighted by molar-refractivity contribution is -0.153. The molecule has 0 radical (unpaired) electrons. The Morgan fingerprint density at radius 2 is 1.68 bits per heavy atom. The highest BCUT2D eigenvalue weighted by molar-refractivity contribution is 5.84. The van der Waals surface area contributed by atoms with E-state index in [0.717, 1.165) is 0 Å². The van der Waals surface area contributed by atoms with Gasteiger partial charge in [-0.1, -0.05) is 0 Å². The molecule has 7 heteroatoms. The molecule has 1 amide bonds. The van der Waals surface area contributed by atoms with Crippen LogP contribution in [0.25, 0.3) is 0 Å². The van der Waals surface area contributed by atoms with E-state index in [1.807, 2.05) is 0 Å². The maximum Gasteiger partial charge on any atom is 0.410 e. The second-order valence-electron chi connectivity index (χ2n) is 5.46. The number of esters is 1. The van der Waals surface area contributed by atoms with Crippen LogP contribution in [0, 0.1) is 11.8 Å². The SMILES string of the molecule is COC(=O)[C@@H]1CN(C(=O)OC(C)(C)C)C[C@H]1C(=O)O. The Balaban J connectivity index is 2.78. The van der Waals surface area contributed by atoms with Crippen molar-refractivity contribution in [3.8, 4) is 0 Å². The minimum Gasteiger partial charge on any atom is -0.481 e. The van der Waals surface area contributed by atoms with E-state index in [2.05, 4.69) is 4.74 Å². The maximum absolute atomic E-state index is 11.8. The van der Waals surface area contributed by atoms with E-state index in [-0.39, 0.29) is 13.1 Å². The van der Waals surface area contributed by atoms with Crippen LogP contribution in [0.15, 0.2) is 0 Å². The molecule has 2 atom stereocenters. The number of amides is 1. The Morgan fingerprint density at radius 1 is 1.16 bits per heavy atom. The smallest absolute Gasteiger partial charge is 0.410 e. The number of nitrogens with zero attached hydrogens (tertiary/aromatic N) is 1. The first kappa shape index (κ1) is 15.3. The average Bonchev–Trinajstić information content (AvgIpc) is 2.70. The van der Waals surface area contributed by atoms with Crippen molar-refractivity contribution < 1.29 is 29.0 Å². The topological polar surface area (TPSA) is 93.1 Å². The lowest BCUT2D eigenvalue weighted by Crippen LogP contribution is -2.36. The van der Waals surface area contributed by atoms with Crippen molar-refractivity contribution in [2.75, 3.05) is 20.2 Å². The molecular formula is C12H19NO6. The molecule has 1 aliphatic heterocycles. The van der Waals surface area contributed by atoms with Crippen LogP contribution in [0.3, 0.4) is 0 Å². The molecule has 0 bridgehead atoms. The zero-order valence-corrected chi connectivity index (χ0v) is 11.5. The molecule has 1 N–H and O–H groups in total. The summed E-state index contributed by atoms with van der Waals surface area (Å²) in [6, 6.07) is 0. The van der Waals surface area contributed by atoms with Crippen LogP contribution >= 0.6 is 0 Å². The summed E-state index contributed by atoms with van der Waals surface area (Å²) in [6.07, 6.45) is -0.620. The van der Waals surface area contributed by atoms with Gasteiger partial charge in [0, 0.05) is 13.1 Å². The summed E-state index contributed by atoms with van der Waals surface area (Å²) in [6.45, 7) is 5.09. The number of carboxylic acid groups (broad SMARTS) is 1. The van der Waals surface area contributed by atoms with E-state index < -0.39 is 35.5 Å². The van der Waals surface area contributed by atoms with Gasteiger partial charge in [0.25, 0.3) is 0 Å². The van der Waals surface area contributed by atoms with Crippen LogP contribution in [0.4, 0.5) is 4.79 Å². The van der Waals surface area contributed by atoms with Crippen molar-refractivity contribution in [3.05, 3.63) is 0 Å². The van der Waals surface area contributed by atoms with Crippen LogP contribution < -0.4 is 0 Å². The van der Waals surface area contributed by atoms with Gasteiger partial charge in [-0.3, -0.25) is 9.59 Å². The standard InChI is InChI=1S/C12H19NO6/c1-12(2,3)19-11(17)13-5-7(9(14)15)8(6-13)10(16)18-4/h7-8H,5-6H2,1-4H3,(H,14,15)/t7-,8-/m1/s1. The number of rotatable bonds is 2. The number of carbonyl (C=O) groups is 3. The van der Waals surface area contributed by atoms with E-state index >= 15 is 0 Å². The van der Waals surface area contributed by atoms with Gasteiger partial charge >= 0.3 is 18.0 Å². The highest BCUT2D eigenvalue weighted by Gasteiger charge is 2.45. The van der Waals surface area contributed by atoms with E-state index in [9.17, 15) is 14.4 Å². The predicted molar refractivity (Wildman–Crippen MR) is 64.4 cm³/mol. The number of carbonyl (C=O) groups excluding carboxylic acids is 2. The van der Waals surface area contributed by atoms with Gasteiger partial charge < -0.3 is 19.5 Å². The number of aliphatic carboxylic acids is 1. The molecule has 1 saturated heterocycles. The molecule has 0 aromatic heterocycles. The average molecular weight is 273 g/mol. The monoisotopic (exact) mass is 273 g/mol. The zero-order valence-electron chi connectivity index (χ0n) is 11.5. The number of methoxy groups -OCH3 is 1. The summed E-state index contributed by atoms with van der Waals surface area (Å²) < 4.78 is 9.72. The molecule has 108 valence electrons. The Morgan fingerprint density at radius 3 is 2.11 bits per heavy atom. The number of ether oxygens (including phenoxy) is 2. The molecule has 0 spiro atoms. The largest absolute Gasteiger partial charge is 0.481 e. The molecule has 7 nitrogen and oxygen atoms in total. The minimum atomic E-state index is -1.12. The normalized spacial score (nSPS) is 23.1. The maximum atomic E-state index is 11.8. The first-order chi connectivity index (χ1) is 8.65. The Bertz CT molecular complexity index is 386. The Kier molecular flexibility index (Phi) is 4.39. The van der Waals surface area contributed by atoms with E-state index in [1.165, 1.54) is 12.0 Å². The molecule has 1 fully saturated rings. The summed E-state index contributed by atoms with van der Waals surface area (Å²) in [5.41, 5.74) is -0.668. The fourth-order valence-electron chi connectivity index (χ4n) is 1.92. The van der Waals surface area contributed by atoms with Gasteiger partial charge in [0.15, 0.2) is 0 Å². The lowest BCUT2D eigenvalue weighted by Gasteiger charge is -2.24. The van der Waals surface area contributed by atoms with Crippen LogP contribution in [0.2, 0.25) is 0 Å². The summed E-state index contributed by atoms with van der Waals surface area (Å²) in [7, 11) is 1.19. The third kappa shape index (κ3) is 3.84. The van der Waals surface area contributed by atoms with Crippen molar-refractivity contribution in [1.82, 2.24) is 4.90 Å². The molecule has 1 aliphatic rings. The molecular weight excluding hydrogens is 254 g/mol. The molecule has 0 aromatic rings. The lowest BCUT2D eigenvalue weighted by atomic mass is 9.97. The first-order valence-corrected chi connectivity index (χ1v) is 5.94. The van der Waals surface area contributed by atoms with Gasteiger partial charge in [-0.25, -0.2) is 4.79 Å². The van der Waals surface area contributed by atoms with Crippen molar-refractivity contribution >= 4 is 18.0 Å². The minimum absolute atomic E-state index is 0.00144. The van der Waals surface area contributed by atoms with Crippen LogP contribution in [0.5, 0.6) is 0 Å².